The minimum Gasteiger partial charge on any atom is -0.486 e. The van der Waals surface area contributed by atoms with Gasteiger partial charge >= 0.3 is 6.09 Å². The number of carbonyl (C=O) groups is 1. The summed E-state index contributed by atoms with van der Waals surface area (Å²) in [6, 6.07) is 5.20. The predicted molar refractivity (Wildman–Crippen MR) is 78.6 cm³/mol. The second kappa shape index (κ2) is 6.22. The van der Waals surface area contributed by atoms with Crippen molar-refractivity contribution in [3.63, 3.8) is 0 Å². The van der Waals surface area contributed by atoms with Crippen molar-refractivity contribution in [3.8, 4) is 11.5 Å². The average molecular weight is 294 g/mol. The van der Waals surface area contributed by atoms with E-state index in [9.17, 15) is 4.79 Å². The highest BCUT2D eigenvalue weighted by Gasteiger charge is 2.18. The summed E-state index contributed by atoms with van der Waals surface area (Å²) in [6.07, 6.45) is -0.476. The van der Waals surface area contributed by atoms with Gasteiger partial charge in [-0.25, -0.2) is 4.79 Å². The van der Waals surface area contributed by atoms with Gasteiger partial charge in [0.25, 0.3) is 0 Å². The van der Waals surface area contributed by atoms with Crippen LogP contribution < -0.4 is 20.5 Å². The van der Waals surface area contributed by atoms with Crippen LogP contribution in [0.1, 0.15) is 32.4 Å². The Balaban J connectivity index is 1.91. The Morgan fingerprint density at radius 2 is 2.00 bits per heavy atom. The highest BCUT2D eigenvalue weighted by atomic mass is 16.6. The Labute approximate surface area is 124 Å². The summed E-state index contributed by atoms with van der Waals surface area (Å²) < 4.78 is 16.1. The lowest BCUT2D eigenvalue weighted by molar-refractivity contribution is 0.0524. The number of fused-ring (bicyclic) bond motifs is 1. The largest absolute Gasteiger partial charge is 0.486 e. The van der Waals surface area contributed by atoms with E-state index in [4.69, 9.17) is 19.9 Å². The number of hydrogen-bond donors (Lipinski definition) is 2. The summed E-state index contributed by atoms with van der Waals surface area (Å²) >= 11 is 0. The first kappa shape index (κ1) is 15.4. The van der Waals surface area contributed by atoms with E-state index in [0.717, 1.165) is 11.3 Å². The zero-order valence-electron chi connectivity index (χ0n) is 12.6. The summed E-state index contributed by atoms with van der Waals surface area (Å²) in [4.78, 5) is 11.6. The van der Waals surface area contributed by atoms with Crippen LogP contribution in [0.4, 0.5) is 4.79 Å². The molecule has 0 aromatic heterocycles. The normalized spacial score (nSPS) is 15.2. The maximum absolute atomic E-state index is 11.6. The van der Waals surface area contributed by atoms with Gasteiger partial charge in [-0.2, -0.15) is 0 Å². The number of amides is 1. The summed E-state index contributed by atoms with van der Waals surface area (Å²) in [7, 11) is 0. The molecule has 21 heavy (non-hydrogen) atoms. The number of nitrogens with two attached hydrogens (primary N) is 1. The molecular formula is C15H22N2O4. The first-order valence-electron chi connectivity index (χ1n) is 6.97. The highest BCUT2D eigenvalue weighted by molar-refractivity contribution is 5.67. The Hall–Kier alpha value is -1.95. The molecule has 1 unspecified atom stereocenters. The van der Waals surface area contributed by atoms with Gasteiger partial charge < -0.3 is 25.3 Å². The molecule has 0 radical (unpaired) electrons. The molecule has 1 aliphatic heterocycles. The third kappa shape index (κ3) is 4.53. The van der Waals surface area contributed by atoms with Gasteiger partial charge in [0.05, 0.1) is 0 Å². The molecule has 6 nitrogen and oxygen atoms in total. The van der Waals surface area contributed by atoms with E-state index < -0.39 is 11.7 Å². The van der Waals surface area contributed by atoms with Crippen molar-refractivity contribution in [2.24, 2.45) is 5.73 Å². The van der Waals surface area contributed by atoms with Crippen molar-refractivity contribution >= 4 is 6.09 Å². The van der Waals surface area contributed by atoms with E-state index in [1.807, 2.05) is 39.0 Å². The van der Waals surface area contributed by atoms with Crippen LogP contribution in [-0.4, -0.2) is 31.5 Å². The molecule has 1 aromatic rings. The third-order valence-corrected chi connectivity index (χ3v) is 2.86. The summed E-state index contributed by atoms with van der Waals surface area (Å²) in [6.45, 7) is 6.81. The minimum absolute atomic E-state index is 0.286. The molecule has 1 aromatic carbocycles. The molecule has 116 valence electrons. The van der Waals surface area contributed by atoms with E-state index in [1.54, 1.807) is 0 Å². The maximum Gasteiger partial charge on any atom is 0.407 e. The van der Waals surface area contributed by atoms with Gasteiger partial charge in [-0.3, -0.25) is 0 Å². The van der Waals surface area contributed by atoms with Crippen molar-refractivity contribution in [1.29, 1.82) is 0 Å². The predicted octanol–water partition coefficient (Wildman–Crippen LogP) is 1.98. The molecule has 1 heterocycles. The van der Waals surface area contributed by atoms with Gasteiger partial charge in [0.1, 0.15) is 18.8 Å². The molecule has 0 bridgehead atoms. The lowest BCUT2D eigenvalue weighted by Gasteiger charge is -2.22. The molecule has 0 spiro atoms. The average Bonchev–Trinajstić information content (AvgIpc) is 2.42. The van der Waals surface area contributed by atoms with E-state index in [1.165, 1.54) is 0 Å². The fraction of sp³-hybridized carbons (Fsp3) is 0.533. The van der Waals surface area contributed by atoms with E-state index in [-0.39, 0.29) is 12.6 Å². The van der Waals surface area contributed by atoms with Crippen molar-refractivity contribution in [1.82, 2.24) is 5.32 Å². The Bertz CT molecular complexity index is 511. The molecule has 1 aliphatic rings. The van der Waals surface area contributed by atoms with Gasteiger partial charge in [-0.05, 0) is 38.5 Å². The highest BCUT2D eigenvalue weighted by Crippen LogP contribution is 2.32. The number of nitrogens with one attached hydrogen (secondary N) is 1. The Kier molecular flexibility index (Phi) is 4.57. The molecule has 0 saturated carbocycles. The lowest BCUT2D eigenvalue weighted by atomic mass is 10.1. The van der Waals surface area contributed by atoms with Crippen molar-refractivity contribution in [3.05, 3.63) is 23.8 Å². The van der Waals surface area contributed by atoms with Crippen LogP contribution in [0.2, 0.25) is 0 Å². The summed E-state index contributed by atoms with van der Waals surface area (Å²) in [5, 5.41) is 2.66. The molecule has 2 rings (SSSR count). The summed E-state index contributed by atoms with van der Waals surface area (Å²) in [5.41, 5.74) is 6.42. The maximum atomic E-state index is 11.6. The fourth-order valence-corrected chi connectivity index (χ4v) is 1.92. The van der Waals surface area contributed by atoms with Crippen molar-refractivity contribution < 1.29 is 19.0 Å². The second-order valence-electron chi connectivity index (χ2n) is 5.89. The Morgan fingerprint density at radius 1 is 1.33 bits per heavy atom. The van der Waals surface area contributed by atoms with Crippen LogP contribution in [0.25, 0.3) is 0 Å². The van der Waals surface area contributed by atoms with Gasteiger partial charge in [0, 0.05) is 12.6 Å². The quantitative estimate of drug-likeness (QED) is 0.890. The molecule has 1 atom stereocenters. The van der Waals surface area contributed by atoms with Crippen molar-refractivity contribution in [2.45, 2.75) is 32.4 Å². The molecular weight excluding hydrogens is 272 g/mol. The zero-order valence-corrected chi connectivity index (χ0v) is 12.6. The van der Waals surface area contributed by atoms with Crippen molar-refractivity contribution in [2.75, 3.05) is 19.8 Å². The van der Waals surface area contributed by atoms with Gasteiger partial charge in [-0.1, -0.05) is 6.07 Å². The van der Waals surface area contributed by atoms with Crippen LogP contribution >= 0.6 is 0 Å². The van der Waals surface area contributed by atoms with E-state index in [2.05, 4.69) is 5.32 Å². The SMILES string of the molecule is CC(C)(C)OC(=O)NCC(N)c1ccc2c(c1)OCCO2. The first-order valence-corrected chi connectivity index (χ1v) is 6.97. The summed E-state index contributed by atoms with van der Waals surface area (Å²) in [5.74, 6) is 1.41. The molecule has 0 aliphatic carbocycles. The molecule has 6 heteroatoms. The second-order valence-corrected chi connectivity index (χ2v) is 5.89. The van der Waals surface area contributed by atoms with Crippen LogP contribution in [0, 0.1) is 0 Å². The van der Waals surface area contributed by atoms with Gasteiger partial charge in [0.15, 0.2) is 11.5 Å². The molecule has 0 saturated heterocycles. The van der Waals surface area contributed by atoms with E-state index in [0.29, 0.717) is 19.0 Å². The number of ether oxygens (including phenoxy) is 3. The Morgan fingerprint density at radius 3 is 2.67 bits per heavy atom. The number of benzene rings is 1. The third-order valence-electron chi connectivity index (χ3n) is 2.86. The lowest BCUT2D eigenvalue weighted by Crippen LogP contribution is -2.36. The standard InChI is InChI=1S/C15H22N2O4/c1-15(2,3)21-14(18)17-9-11(16)10-4-5-12-13(8-10)20-7-6-19-12/h4-5,8,11H,6-7,9,16H2,1-3H3,(H,17,18). The number of carbonyl (C=O) groups excluding carboxylic acids is 1. The number of alkyl carbamates (subject to hydrolysis) is 1. The first-order chi connectivity index (χ1) is 9.85. The molecule has 3 N–H and O–H groups in total. The molecule has 1 amide bonds. The van der Waals surface area contributed by atoms with Crippen LogP contribution in [0.5, 0.6) is 11.5 Å². The van der Waals surface area contributed by atoms with E-state index >= 15 is 0 Å². The minimum atomic E-state index is -0.523. The monoisotopic (exact) mass is 294 g/mol. The zero-order chi connectivity index (χ0) is 15.5. The smallest absolute Gasteiger partial charge is 0.407 e. The van der Waals surface area contributed by atoms with Gasteiger partial charge in [-0.15, -0.1) is 0 Å². The number of hydrogen-bond acceptors (Lipinski definition) is 5. The van der Waals surface area contributed by atoms with Gasteiger partial charge in [0.2, 0.25) is 0 Å². The topological polar surface area (TPSA) is 82.8 Å². The fourth-order valence-electron chi connectivity index (χ4n) is 1.92. The van der Waals surface area contributed by atoms with Crippen LogP contribution in [-0.2, 0) is 4.74 Å². The van der Waals surface area contributed by atoms with Crippen LogP contribution in [0.3, 0.4) is 0 Å². The van der Waals surface area contributed by atoms with Crippen LogP contribution in [0.15, 0.2) is 18.2 Å². The number of rotatable bonds is 3. The molecule has 0 fully saturated rings.